The molecule has 1 saturated carbocycles. The van der Waals surface area contributed by atoms with Crippen LogP contribution in [0.3, 0.4) is 0 Å². The summed E-state index contributed by atoms with van der Waals surface area (Å²) in [6.07, 6.45) is 1.49. The van der Waals surface area contributed by atoms with Gasteiger partial charge in [-0.3, -0.25) is 4.90 Å². The molecule has 0 amide bonds. The summed E-state index contributed by atoms with van der Waals surface area (Å²) >= 11 is 0. The second-order valence-corrected chi connectivity index (χ2v) is 6.35. The second-order valence-electron chi connectivity index (χ2n) is 6.35. The van der Waals surface area contributed by atoms with E-state index in [2.05, 4.69) is 19.2 Å². The topological polar surface area (TPSA) is 15.3 Å². The maximum absolute atomic E-state index is 12.6. The number of hydrogen-bond acceptors (Lipinski definition) is 2. The van der Waals surface area contributed by atoms with Crippen molar-refractivity contribution in [3.63, 3.8) is 0 Å². The van der Waals surface area contributed by atoms with Gasteiger partial charge in [-0.2, -0.15) is 13.2 Å². The van der Waals surface area contributed by atoms with Crippen molar-refractivity contribution >= 4 is 0 Å². The van der Waals surface area contributed by atoms with Gasteiger partial charge in [-0.1, -0.05) is 27.2 Å². The molecule has 0 saturated heterocycles. The van der Waals surface area contributed by atoms with Crippen LogP contribution in [0.15, 0.2) is 0 Å². The Balaban J connectivity index is 2.62. The van der Waals surface area contributed by atoms with Gasteiger partial charge in [0.2, 0.25) is 0 Å². The molecule has 1 fully saturated rings. The minimum atomic E-state index is -4.10. The van der Waals surface area contributed by atoms with Crippen LogP contribution >= 0.6 is 0 Å². The molecule has 0 spiro atoms. The molecule has 0 radical (unpaired) electrons. The summed E-state index contributed by atoms with van der Waals surface area (Å²) in [7, 11) is 0. The van der Waals surface area contributed by atoms with Crippen LogP contribution in [0.2, 0.25) is 0 Å². The molecule has 3 atom stereocenters. The van der Waals surface area contributed by atoms with Crippen LogP contribution in [0.5, 0.6) is 0 Å². The third-order valence-electron chi connectivity index (χ3n) is 4.67. The quantitative estimate of drug-likeness (QED) is 0.727. The fraction of sp³-hybridized carbons (Fsp3) is 1.00. The molecular weight excluding hydrogens is 277 g/mol. The van der Waals surface area contributed by atoms with E-state index in [0.717, 1.165) is 32.2 Å². The summed E-state index contributed by atoms with van der Waals surface area (Å²) in [5.74, 6) is 1.02. The van der Waals surface area contributed by atoms with Gasteiger partial charge in [0, 0.05) is 12.6 Å². The van der Waals surface area contributed by atoms with Gasteiger partial charge >= 0.3 is 6.18 Å². The maximum Gasteiger partial charge on any atom is 0.401 e. The second kappa shape index (κ2) is 8.99. The van der Waals surface area contributed by atoms with Crippen molar-refractivity contribution in [2.45, 2.75) is 65.1 Å². The molecule has 1 aliphatic rings. The zero-order chi connectivity index (χ0) is 15.9. The molecule has 1 rings (SSSR count). The van der Waals surface area contributed by atoms with E-state index in [1.54, 1.807) is 4.90 Å². The lowest BCUT2D eigenvalue weighted by molar-refractivity contribution is -0.147. The standard InChI is InChI=1S/C16H31F3N2/c1-4-9-20-15-8-7-13(5-2)10-14(15)11-21(6-3)12-16(17,18)19/h13-15,20H,4-12H2,1-3H3. The third kappa shape index (κ3) is 7.00. The molecule has 0 aromatic carbocycles. The van der Waals surface area contributed by atoms with Crippen LogP contribution in [0, 0.1) is 11.8 Å². The normalized spacial score (nSPS) is 27.3. The van der Waals surface area contributed by atoms with E-state index in [0.29, 0.717) is 31.0 Å². The highest BCUT2D eigenvalue weighted by molar-refractivity contribution is 4.86. The zero-order valence-corrected chi connectivity index (χ0v) is 13.7. The Kier molecular flexibility index (Phi) is 8.03. The number of nitrogens with one attached hydrogen (secondary N) is 1. The van der Waals surface area contributed by atoms with Gasteiger partial charge in [0.25, 0.3) is 0 Å². The van der Waals surface area contributed by atoms with Gasteiger partial charge in [0.1, 0.15) is 0 Å². The van der Waals surface area contributed by atoms with Gasteiger partial charge in [-0.15, -0.1) is 0 Å². The monoisotopic (exact) mass is 308 g/mol. The van der Waals surface area contributed by atoms with Crippen LogP contribution in [0.25, 0.3) is 0 Å². The first-order chi connectivity index (χ1) is 9.89. The molecule has 126 valence electrons. The average Bonchev–Trinajstić information content (AvgIpc) is 2.43. The van der Waals surface area contributed by atoms with Gasteiger partial charge in [0.05, 0.1) is 6.54 Å². The Hall–Kier alpha value is -0.290. The fourth-order valence-electron chi connectivity index (χ4n) is 3.42. The van der Waals surface area contributed by atoms with Crippen LogP contribution in [0.4, 0.5) is 13.2 Å². The smallest absolute Gasteiger partial charge is 0.314 e. The molecule has 0 heterocycles. The lowest BCUT2D eigenvalue weighted by atomic mass is 9.76. The Morgan fingerprint density at radius 1 is 1.14 bits per heavy atom. The number of alkyl halides is 3. The molecule has 0 aliphatic heterocycles. The SMILES string of the molecule is CCCNC1CCC(CC)CC1CN(CC)CC(F)(F)F. The summed E-state index contributed by atoms with van der Waals surface area (Å²) in [6, 6.07) is 0.384. The van der Waals surface area contributed by atoms with E-state index in [1.807, 2.05) is 6.92 Å². The first kappa shape index (κ1) is 18.8. The highest BCUT2D eigenvalue weighted by Gasteiger charge is 2.34. The van der Waals surface area contributed by atoms with Crippen molar-refractivity contribution in [3.05, 3.63) is 0 Å². The molecule has 0 aromatic rings. The maximum atomic E-state index is 12.6. The van der Waals surface area contributed by atoms with E-state index in [9.17, 15) is 13.2 Å². The summed E-state index contributed by atoms with van der Waals surface area (Å²) in [4.78, 5) is 1.56. The Labute approximate surface area is 127 Å². The van der Waals surface area contributed by atoms with Crippen LogP contribution in [0.1, 0.15) is 52.9 Å². The van der Waals surface area contributed by atoms with Crippen molar-refractivity contribution in [1.82, 2.24) is 10.2 Å². The highest BCUT2D eigenvalue weighted by atomic mass is 19.4. The fourth-order valence-corrected chi connectivity index (χ4v) is 3.42. The molecule has 3 unspecified atom stereocenters. The van der Waals surface area contributed by atoms with Crippen molar-refractivity contribution in [3.8, 4) is 0 Å². The minimum Gasteiger partial charge on any atom is -0.314 e. The van der Waals surface area contributed by atoms with E-state index in [-0.39, 0.29) is 0 Å². The molecule has 1 aliphatic carbocycles. The van der Waals surface area contributed by atoms with Crippen LogP contribution in [-0.2, 0) is 0 Å². The zero-order valence-electron chi connectivity index (χ0n) is 13.7. The number of halogens is 3. The van der Waals surface area contributed by atoms with Gasteiger partial charge in [0.15, 0.2) is 0 Å². The Bertz CT molecular complexity index is 281. The predicted molar refractivity (Wildman–Crippen MR) is 81.4 cm³/mol. The summed E-state index contributed by atoms with van der Waals surface area (Å²) < 4.78 is 37.9. The first-order valence-electron chi connectivity index (χ1n) is 8.42. The largest absolute Gasteiger partial charge is 0.401 e. The lowest BCUT2D eigenvalue weighted by Gasteiger charge is -2.39. The molecule has 5 heteroatoms. The van der Waals surface area contributed by atoms with E-state index in [4.69, 9.17) is 0 Å². The number of rotatable bonds is 8. The van der Waals surface area contributed by atoms with E-state index in [1.165, 1.54) is 6.42 Å². The van der Waals surface area contributed by atoms with Crippen molar-refractivity contribution in [1.29, 1.82) is 0 Å². The third-order valence-corrected chi connectivity index (χ3v) is 4.67. The highest BCUT2D eigenvalue weighted by Crippen LogP contribution is 2.32. The summed E-state index contributed by atoms with van der Waals surface area (Å²) in [6.45, 7) is 7.35. The average molecular weight is 308 g/mol. The van der Waals surface area contributed by atoms with Gasteiger partial charge in [-0.25, -0.2) is 0 Å². The molecule has 0 bridgehead atoms. The van der Waals surface area contributed by atoms with Crippen molar-refractivity contribution in [2.75, 3.05) is 26.2 Å². The van der Waals surface area contributed by atoms with E-state index < -0.39 is 12.7 Å². The van der Waals surface area contributed by atoms with Crippen LogP contribution < -0.4 is 5.32 Å². The molecule has 21 heavy (non-hydrogen) atoms. The molecule has 2 nitrogen and oxygen atoms in total. The van der Waals surface area contributed by atoms with E-state index >= 15 is 0 Å². The molecule has 1 N–H and O–H groups in total. The summed E-state index contributed by atoms with van der Waals surface area (Å²) in [5, 5.41) is 3.55. The predicted octanol–water partition coefficient (Wildman–Crippen LogP) is 4.07. The molecule has 0 aromatic heterocycles. The van der Waals surface area contributed by atoms with Crippen molar-refractivity contribution in [2.24, 2.45) is 11.8 Å². The lowest BCUT2D eigenvalue weighted by Crippen LogP contribution is -2.47. The van der Waals surface area contributed by atoms with Gasteiger partial charge in [-0.05, 0) is 50.6 Å². The minimum absolute atomic E-state index is 0.345. The van der Waals surface area contributed by atoms with Crippen molar-refractivity contribution < 1.29 is 13.2 Å². The first-order valence-corrected chi connectivity index (χ1v) is 8.42. The van der Waals surface area contributed by atoms with Crippen LogP contribution in [-0.4, -0.2) is 43.3 Å². The number of hydrogen-bond donors (Lipinski definition) is 1. The van der Waals surface area contributed by atoms with Gasteiger partial charge < -0.3 is 5.32 Å². The Morgan fingerprint density at radius 2 is 1.86 bits per heavy atom. The summed E-state index contributed by atoms with van der Waals surface area (Å²) in [5.41, 5.74) is 0. The number of nitrogens with zero attached hydrogens (tertiary/aromatic N) is 1. The Morgan fingerprint density at radius 3 is 2.38 bits per heavy atom. The molecular formula is C16H31F3N2.